The number of carbonyl (C=O) groups is 1. The van der Waals surface area contributed by atoms with Crippen LogP contribution in [0.4, 0.5) is 4.79 Å². The molecule has 0 radical (unpaired) electrons. The SMILES string of the molecule is CC(C)(C)OC(=O)N1CCC(C2CCN(C3CC3)CC2)CC1. The standard InChI is InChI=1S/C18H32N2O2/c1-18(2,3)22-17(21)20-12-8-15(9-13-20)14-6-10-19(11-7-14)16-4-5-16/h14-16H,4-13H2,1-3H3. The van der Waals surface area contributed by atoms with Crippen LogP contribution in [-0.4, -0.2) is 53.7 Å². The van der Waals surface area contributed by atoms with Crippen LogP contribution in [0, 0.1) is 11.8 Å². The number of hydrogen-bond acceptors (Lipinski definition) is 3. The number of rotatable bonds is 2. The zero-order chi connectivity index (χ0) is 15.7. The second-order valence-electron chi connectivity index (χ2n) is 8.41. The Labute approximate surface area is 135 Å². The zero-order valence-corrected chi connectivity index (χ0v) is 14.5. The average molecular weight is 308 g/mol. The third kappa shape index (κ3) is 4.15. The molecule has 0 bridgehead atoms. The summed E-state index contributed by atoms with van der Waals surface area (Å²) < 4.78 is 5.49. The predicted octanol–water partition coefficient (Wildman–Crippen LogP) is 3.51. The van der Waals surface area contributed by atoms with Gasteiger partial charge in [0.2, 0.25) is 0 Å². The lowest BCUT2D eigenvalue weighted by Gasteiger charge is -2.40. The van der Waals surface area contributed by atoms with E-state index in [0.717, 1.165) is 43.8 Å². The summed E-state index contributed by atoms with van der Waals surface area (Å²) in [5.74, 6) is 1.70. The maximum atomic E-state index is 12.1. The fourth-order valence-corrected chi connectivity index (χ4v) is 4.08. The van der Waals surface area contributed by atoms with Gasteiger partial charge in [0, 0.05) is 19.1 Å². The highest BCUT2D eigenvalue weighted by molar-refractivity contribution is 5.68. The maximum Gasteiger partial charge on any atom is 0.410 e. The van der Waals surface area contributed by atoms with Crippen LogP contribution in [0.25, 0.3) is 0 Å². The van der Waals surface area contributed by atoms with Crippen molar-refractivity contribution in [1.82, 2.24) is 9.80 Å². The summed E-state index contributed by atoms with van der Waals surface area (Å²) in [4.78, 5) is 16.7. The predicted molar refractivity (Wildman–Crippen MR) is 87.9 cm³/mol. The van der Waals surface area contributed by atoms with Gasteiger partial charge in [-0.25, -0.2) is 4.79 Å². The minimum atomic E-state index is -0.385. The first-order chi connectivity index (χ1) is 10.4. The first kappa shape index (κ1) is 16.1. The summed E-state index contributed by atoms with van der Waals surface area (Å²) in [6.45, 7) is 10.2. The fourth-order valence-electron chi connectivity index (χ4n) is 4.08. The van der Waals surface area contributed by atoms with Crippen LogP contribution in [0.2, 0.25) is 0 Å². The molecule has 3 aliphatic rings. The van der Waals surface area contributed by atoms with Gasteiger partial charge in [0.25, 0.3) is 0 Å². The summed E-state index contributed by atoms with van der Waals surface area (Å²) in [6, 6.07) is 0.926. The summed E-state index contributed by atoms with van der Waals surface area (Å²) in [6.07, 6.45) is 7.79. The highest BCUT2D eigenvalue weighted by Gasteiger charge is 2.35. The van der Waals surface area contributed by atoms with E-state index in [-0.39, 0.29) is 11.7 Å². The number of nitrogens with zero attached hydrogens (tertiary/aromatic N) is 2. The van der Waals surface area contributed by atoms with Crippen molar-refractivity contribution in [1.29, 1.82) is 0 Å². The molecule has 1 amide bonds. The summed E-state index contributed by atoms with van der Waals surface area (Å²) in [7, 11) is 0. The number of piperidine rings is 2. The average Bonchev–Trinajstić information content (AvgIpc) is 3.30. The Morgan fingerprint density at radius 2 is 1.36 bits per heavy atom. The number of ether oxygens (including phenoxy) is 1. The summed E-state index contributed by atoms with van der Waals surface area (Å²) in [5, 5.41) is 0. The van der Waals surface area contributed by atoms with Gasteiger partial charge in [-0.15, -0.1) is 0 Å². The third-order valence-electron chi connectivity index (χ3n) is 5.50. The van der Waals surface area contributed by atoms with Crippen LogP contribution in [0.5, 0.6) is 0 Å². The van der Waals surface area contributed by atoms with Crippen molar-refractivity contribution in [2.24, 2.45) is 11.8 Å². The lowest BCUT2D eigenvalue weighted by atomic mass is 9.79. The molecule has 0 aromatic carbocycles. The van der Waals surface area contributed by atoms with E-state index >= 15 is 0 Å². The molecule has 4 nitrogen and oxygen atoms in total. The van der Waals surface area contributed by atoms with Gasteiger partial charge in [-0.2, -0.15) is 0 Å². The molecule has 2 aliphatic heterocycles. The topological polar surface area (TPSA) is 32.8 Å². The molecule has 1 aliphatic carbocycles. The van der Waals surface area contributed by atoms with Crippen LogP contribution < -0.4 is 0 Å². The molecule has 3 rings (SSSR count). The van der Waals surface area contributed by atoms with E-state index in [0.29, 0.717) is 0 Å². The minimum absolute atomic E-state index is 0.130. The molecule has 3 fully saturated rings. The van der Waals surface area contributed by atoms with Crippen molar-refractivity contribution in [3.05, 3.63) is 0 Å². The molecule has 0 unspecified atom stereocenters. The smallest absolute Gasteiger partial charge is 0.410 e. The Balaban J connectivity index is 1.41. The Hall–Kier alpha value is -0.770. The van der Waals surface area contributed by atoms with Gasteiger partial charge in [0.1, 0.15) is 5.60 Å². The van der Waals surface area contributed by atoms with Crippen LogP contribution >= 0.6 is 0 Å². The summed E-state index contributed by atoms with van der Waals surface area (Å²) in [5.41, 5.74) is -0.385. The fraction of sp³-hybridized carbons (Fsp3) is 0.944. The van der Waals surface area contributed by atoms with Crippen LogP contribution in [-0.2, 0) is 4.74 Å². The van der Waals surface area contributed by atoms with Crippen LogP contribution in [0.1, 0.15) is 59.3 Å². The molecule has 0 N–H and O–H groups in total. The van der Waals surface area contributed by atoms with Crippen molar-refractivity contribution in [2.45, 2.75) is 70.9 Å². The lowest BCUT2D eigenvalue weighted by molar-refractivity contribution is 0.0134. The molecule has 0 atom stereocenters. The first-order valence-electron chi connectivity index (χ1n) is 9.14. The van der Waals surface area contributed by atoms with E-state index in [1.165, 1.54) is 38.8 Å². The lowest BCUT2D eigenvalue weighted by Crippen LogP contribution is -2.44. The first-order valence-corrected chi connectivity index (χ1v) is 9.14. The van der Waals surface area contributed by atoms with Gasteiger partial charge < -0.3 is 14.5 Å². The van der Waals surface area contributed by atoms with Crippen molar-refractivity contribution in [2.75, 3.05) is 26.2 Å². The Bertz CT molecular complexity index is 384. The van der Waals surface area contributed by atoms with E-state index in [4.69, 9.17) is 4.74 Å². The van der Waals surface area contributed by atoms with Crippen molar-refractivity contribution >= 4 is 6.09 Å². The molecule has 2 heterocycles. The molecular formula is C18H32N2O2. The van der Waals surface area contributed by atoms with Crippen molar-refractivity contribution in [3.8, 4) is 0 Å². The molecule has 1 saturated carbocycles. The number of hydrogen-bond donors (Lipinski definition) is 0. The van der Waals surface area contributed by atoms with Crippen LogP contribution in [0.3, 0.4) is 0 Å². The minimum Gasteiger partial charge on any atom is -0.444 e. The Morgan fingerprint density at radius 1 is 0.864 bits per heavy atom. The molecular weight excluding hydrogens is 276 g/mol. The Kier molecular flexibility index (Phi) is 4.67. The molecule has 2 saturated heterocycles. The van der Waals surface area contributed by atoms with Crippen molar-refractivity contribution in [3.63, 3.8) is 0 Å². The normalized spacial score (nSPS) is 26.2. The van der Waals surface area contributed by atoms with E-state index < -0.39 is 0 Å². The van der Waals surface area contributed by atoms with Gasteiger partial charge >= 0.3 is 6.09 Å². The second-order valence-corrected chi connectivity index (χ2v) is 8.41. The molecule has 0 spiro atoms. The molecule has 126 valence electrons. The molecule has 4 heteroatoms. The third-order valence-corrected chi connectivity index (χ3v) is 5.50. The van der Waals surface area contributed by atoms with Gasteiger partial charge in [-0.3, -0.25) is 0 Å². The highest BCUT2D eigenvalue weighted by atomic mass is 16.6. The highest BCUT2D eigenvalue weighted by Crippen LogP contribution is 2.36. The van der Waals surface area contributed by atoms with Gasteiger partial charge in [0.15, 0.2) is 0 Å². The van der Waals surface area contributed by atoms with Gasteiger partial charge in [0.05, 0.1) is 0 Å². The zero-order valence-electron chi connectivity index (χ0n) is 14.5. The number of likely N-dealkylation sites (tertiary alicyclic amines) is 2. The van der Waals surface area contributed by atoms with Crippen LogP contribution in [0.15, 0.2) is 0 Å². The van der Waals surface area contributed by atoms with E-state index in [9.17, 15) is 4.79 Å². The van der Waals surface area contributed by atoms with Gasteiger partial charge in [-0.1, -0.05) is 0 Å². The molecule has 22 heavy (non-hydrogen) atoms. The number of carbonyl (C=O) groups excluding carboxylic acids is 1. The van der Waals surface area contributed by atoms with E-state index in [1.807, 2.05) is 25.7 Å². The summed E-state index contributed by atoms with van der Waals surface area (Å²) >= 11 is 0. The maximum absolute atomic E-state index is 12.1. The largest absolute Gasteiger partial charge is 0.444 e. The van der Waals surface area contributed by atoms with Gasteiger partial charge in [-0.05, 0) is 84.2 Å². The van der Waals surface area contributed by atoms with E-state index in [2.05, 4.69) is 4.90 Å². The molecule has 0 aromatic rings. The van der Waals surface area contributed by atoms with Crippen molar-refractivity contribution < 1.29 is 9.53 Å². The quantitative estimate of drug-likeness (QED) is 0.782. The second kappa shape index (κ2) is 6.38. The Morgan fingerprint density at radius 3 is 1.82 bits per heavy atom. The monoisotopic (exact) mass is 308 g/mol. The number of amides is 1. The molecule has 0 aromatic heterocycles. The van der Waals surface area contributed by atoms with E-state index in [1.54, 1.807) is 0 Å².